The summed E-state index contributed by atoms with van der Waals surface area (Å²) >= 11 is 0. The molecule has 0 aliphatic heterocycles. The summed E-state index contributed by atoms with van der Waals surface area (Å²) in [7, 11) is 0. The Balaban J connectivity index is 1.63. The molecule has 8 nitrogen and oxygen atoms in total. The first-order chi connectivity index (χ1) is 13.9. The number of nitro benzene ring substituents is 1. The van der Waals surface area contributed by atoms with Crippen LogP contribution in [0.1, 0.15) is 35.5 Å². The number of aromatic amines is 1. The summed E-state index contributed by atoms with van der Waals surface area (Å²) in [5.74, 6) is 0.131. The van der Waals surface area contributed by atoms with Crippen LogP contribution in [0.25, 0.3) is 11.3 Å². The quantitative estimate of drug-likeness (QED) is 0.361. The van der Waals surface area contributed by atoms with E-state index in [1.165, 1.54) is 23.9 Å². The molecule has 148 valence electrons. The van der Waals surface area contributed by atoms with Gasteiger partial charge in [-0.05, 0) is 24.0 Å². The zero-order valence-corrected chi connectivity index (χ0v) is 16.1. The number of hydrazone groups is 1. The molecule has 0 radical (unpaired) electrons. The number of hydrogen-bond acceptors (Lipinski definition) is 5. The van der Waals surface area contributed by atoms with Gasteiger partial charge in [0, 0.05) is 23.3 Å². The van der Waals surface area contributed by atoms with E-state index in [0.717, 1.165) is 12.0 Å². The van der Waals surface area contributed by atoms with Crippen LogP contribution in [0.4, 0.5) is 5.69 Å². The number of carbonyl (C=O) groups excluding carboxylic acids is 1. The number of nitrogens with zero attached hydrogens (tertiary/aromatic N) is 3. The van der Waals surface area contributed by atoms with Crippen LogP contribution in [-0.2, 0) is 6.42 Å². The monoisotopic (exact) mass is 391 g/mol. The molecule has 0 atom stereocenters. The summed E-state index contributed by atoms with van der Waals surface area (Å²) in [6.07, 6.45) is 2.35. The predicted octanol–water partition coefficient (Wildman–Crippen LogP) is 3.95. The lowest BCUT2D eigenvalue weighted by Gasteiger charge is -2.05. The third kappa shape index (κ3) is 5.35. The van der Waals surface area contributed by atoms with E-state index in [-0.39, 0.29) is 11.4 Å². The van der Waals surface area contributed by atoms with E-state index in [4.69, 9.17) is 0 Å². The molecule has 1 heterocycles. The Labute approximate surface area is 167 Å². The normalized spacial score (nSPS) is 11.1. The zero-order valence-electron chi connectivity index (χ0n) is 16.1. The molecule has 0 aliphatic rings. The van der Waals surface area contributed by atoms with Crippen molar-refractivity contribution >= 4 is 17.8 Å². The van der Waals surface area contributed by atoms with Crippen molar-refractivity contribution in [1.29, 1.82) is 0 Å². The van der Waals surface area contributed by atoms with Crippen LogP contribution < -0.4 is 5.43 Å². The molecule has 29 heavy (non-hydrogen) atoms. The SMILES string of the molecule is CC(C)Cc1ccc(-c2cc(C(=O)N/N=C/c3cccc([N+](=O)[O-])c3)[nH]n2)cc1. The Hall–Kier alpha value is -3.81. The second-order valence-electron chi connectivity index (χ2n) is 7.01. The predicted molar refractivity (Wildman–Crippen MR) is 111 cm³/mol. The third-order valence-electron chi connectivity index (χ3n) is 4.18. The fourth-order valence-electron chi connectivity index (χ4n) is 2.81. The highest BCUT2D eigenvalue weighted by atomic mass is 16.6. The molecule has 0 bridgehead atoms. The third-order valence-corrected chi connectivity index (χ3v) is 4.18. The summed E-state index contributed by atoms with van der Waals surface area (Å²) in [6.45, 7) is 4.35. The number of nitro groups is 1. The van der Waals surface area contributed by atoms with Crippen LogP contribution in [0.5, 0.6) is 0 Å². The van der Waals surface area contributed by atoms with E-state index in [2.05, 4.69) is 46.7 Å². The van der Waals surface area contributed by atoms with E-state index >= 15 is 0 Å². The largest absolute Gasteiger partial charge is 0.289 e. The Bertz CT molecular complexity index is 1040. The van der Waals surface area contributed by atoms with E-state index in [1.54, 1.807) is 18.2 Å². The molecule has 0 unspecified atom stereocenters. The average molecular weight is 391 g/mol. The molecule has 2 N–H and O–H groups in total. The number of aromatic nitrogens is 2. The van der Waals surface area contributed by atoms with Gasteiger partial charge in [-0.1, -0.05) is 50.2 Å². The van der Waals surface area contributed by atoms with Gasteiger partial charge in [-0.3, -0.25) is 20.0 Å². The Morgan fingerprint density at radius 3 is 2.69 bits per heavy atom. The highest BCUT2D eigenvalue weighted by Crippen LogP contribution is 2.19. The van der Waals surface area contributed by atoms with Crippen molar-refractivity contribution in [2.75, 3.05) is 0 Å². The topological polar surface area (TPSA) is 113 Å². The summed E-state index contributed by atoms with van der Waals surface area (Å²) in [5, 5.41) is 21.5. The maximum Gasteiger partial charge on any atom is 0.289 e. The minimum absolute atomic E-state index is 0.0436. The van der Waals surface area contributed by atoms with Gasteiger partial charge >= 0.3 is 0 Å². The average Bonchev–Trinajstić information content (AvgIpc) is 3.18. The van der Waals surface area contributed by atoms with Crippen LogP contribution in [-0.4, -0.2) is 27.2 Å². The highest BCUT2D eigenvalue weighted by molar-refractivity contribution is 5.94. The van der Waals surface area contributed by atoms with Gasteiger partial charge in [0.15, 0.2) is 0 Å². The van der Waals surface area contributed by atoms with Gasteiger partial charge in [0.05, 0.1) is 16.8 Å². The molecule has 8 heteroatoms. The number of rotatable bonds is 7. The van der Waals surface area contributed by atoms with E-state index in [0.29, 0.717) is 17.2 Å². The molecule has 2 aromatic carbocycles. The van der Waals surface area contributed by atoms with Gasteiger partial charge in [-0.15, -0.1) is 0 Å². The number of H-pyrrole nitrogens is 1. The van der Waals surface area contributed by atoms with Crippen molar-refractivity contribution in [2.24, 2.45) is 11.0 Å². The molecule has 0 saturated carbocycles. The number of hydrogen-bond donors (Lipinski definition) is 2. The molecule has 0 spiro atoms. The smallest absolute Gasteiger partial charge is 0.272 e. The molecular weight excluding hydrogens is 370 g/mol. The van der Waals surface area contributed by atoms with Crippen molar-refractivity contribution in [3.8, 4) is 11.3 Å². The van der Waals surface area contributed by atoms with E-state index in [1.807, 2.05) is 12.1 Å². The van der Waals surface area contributed by atoms with E-state index in [9.17, 15) is 14.9 Å². The Morgan fingerprint density at radius 1 is 1.24 bits per heavy atom. The Kier molecular flexibility index (Phi) is 6.13. The zero-order chi connectivity index (χ0) is 20.8. The van der Waals surface area contributed by atoms with Crippen molar-refractivity contribution in [3.05, 3.63) is 81.5 Å². The second-order valence-corrected chi connectivity index (χ2v) is 7.01. The minimum Gasteiger partial charge on any atom is -0.272 e. The van der Waals surface area contributed by atoms with Gasteiger partial charge in [-0.2, -0.15) is 10.2 Å². The first kappa shape index (κ1) is 19.9. The first-order valence-corrected chi connectivity index (χ1v) is 9.15. The number of benzene rings is 2. The fourth-order valence-corrected chi connectivity index (χ4v) is 2.81. The van der Waals surface area contributed by atoms with Gasteiger partial charge in [0.2, 0.25) is 0 Å². The molecule has 0 fully saturated rings. The van der Waals surface area contributed by atoms with Crippen LogP contribution in [0, 0.1) is 16.0 Å². The molecule has 1 amide bonds. The lowest BCUT2D eigenvalue weighted by molar-refractivity contribution is -0.384. The highest BCUT2D eigenvalue weighted by Gasteiger charge is 2.11. The molecule has 0 saturated heterocycles. The minimum atomic E-state index is -0.489. The van der Waals surface area contributed by atoms with Gasteiger partial charge in [-0.25, -0.2) is 5.43 Å². The van der Waals surface area contributed by atoms with Crippen LogP contribution in [0.15, 0.2) is 59.7 Å². The van der Waals surface area contributed by atoms with Gasteiger partial charge < -0.3 is 0 Å². The first-order valence-electron chi connectivity index (χ1n) is 9.15. The molecule has 0 aliphatic carbocycles. The molecular formula is C21H21N5O3. The maximum absolute atomic E-state index is 12.2. The maximum atomic E-state index is 12.2. The fraction of sp³-hybridized carbons (Fsp3) is 0.190. The van der Waals surface area contributed by atoms with Crippen LogP contribution in [0.3, 0.4) is 0 Å². The van der Waals surface area contributed by atoms with Crippen molar-refractivity contribution in [3.63, 3.8) is 0 Å². The summed E-state index contributed by atoms with van der Waals surface area (Å²) in [5.41, 5.74) is 5.94. The summed E-state index contributed by atoms with van der Waals surface area (Å²) in [6, 6.07) is 15.7. The molecule has 3 aromatic rings. The molecule has 3 rings (SSSR count). The number of carbonyl (C=O) groups is 1. The van der Waals surface area contributed by atoms with Crippen molar-refractivity contribution in [2.45, 2.75) is 20.3 Å². The van der Waals surface area contributed by atoms with Crippen molar-refractivity contribution in [1.82, 2.24) is 15.6 Å². The molecule has 1 aromatic heterocycles. The lowest BCUT2D eigenvalue weighted by atomic mass is 10.0. The number of nitrogens with one attached hydrogen (secondary N) is 2. The number of non-ortho nitro benzene ring substituents is 1. The van der Waals surface area contributed by atoms with Crippen LogP contribution >= 0.6 is 0 Å². The number of amides is 1. The van der Waals surface area contributed by atoms with Crippen LogP contribution in [0.2, 0.25) is 0 Å². The summed E-state index contributed by atoms with van der Waals surface area (Å²) < 4.78 is 0. The summed E-state index contributed by atoms with van der Waals surface area (Å²) in [4.78, 5) is 22.5. The van der Waals surface area contributed by atoms with E-state index < -0.39 is 10.8 Å². The lowest BCUT2D eigenvalue weighted by Crippen LogP contribution is -2.18. The van der Waals surface area contributed by atoms with Gasteiger partial charge in [0.1, 0.15) is 5.69 Å². The standard InChI is InChI=1S/C21H21N5O3/c1-14(2)10-15-6-8-17(9-7-15)19-12-20(24-23-19)21(27)25-22-13-16-4-3-5-18(11-16)26(28)29/h3-9,11-14H,10H2,1-2H3,(H,23,24)(H,25,27)/b22-13+. The Morgan fingerprint density at radius 2 is 2.00 bits per heavy atom. The van der Waals surface area contributed by atoms with Gasteiger partial charge in [0.25, 0.3) is 11.6 Å². The second kappa shape index (κ2) is 8.92. The van der Waals surface area contributed by atoms with Crippen molar-refractivity contribution < 1.29 is 9.72 Å².